The van der Waals surface area contributed by atoms with Crippen molar-refractivity contribution in [2.24, 2.45) is 9.98 Å². The smallest absolute Gasteiger partial charge is 0.326 e. The first-order valence-electron chi connectivity index (χ1n) is 18.1. The normalized spacial score (nSPS) is 16.5. The average molecular weight is 730 g/mol. The highest BCUT2D eigenvalue weighted by atomic mass is 16.2. The summed E-state index contributed by atoms with van der Waals surface area (Å²) in [6, 6.07) is 29.3. The lowest BCUT2D eigenvalue weighted by Gasteiger charge is -2.35. The topological polar surface area (TPSA) is 144 Å². The molecule has 0 bridgehead atoms. The number of benzodiazepines with no additional fused rings is 1. The Morgan fingerprint density at radius 2 is 1.71 bits per heavy atom. The van der Waals surface area contributed by atoms with Crippen LogP contribution in [0.1, 0.15) is 57.9 Å². The van der Waals surface area contributed by atoms with Gasteiger partial charge in [-0.1, -0.05) is 66.7 Å². The molecule has 3 aliphatic rings. The first-order chi connectivity index (χ1) is 26.7. The SMILES string of the molecule is CC1=NC=C(Nc2ncc3c(n2)N(C)C(=O)N(c2cc(NC(=O)c4ccc5c(c4)NC(=O)[C@H](Cc4ccccc4)N=C5c4ccccc4)ccc2C)C3)CC1. The number of hydrogen-bond acceptors (Lipinski definition) is 8. The molecular weight excluding hydrogens is 691 g/mol. The van der Waals surface area contributed by atoms with Crippen molar-refractivity contribution in [1.29, 1.82) is 0 Å². The Morgan fingerprint density at radius 3 is 2.47 bits per heavy atom. The van der Waals surface area contributed by atoms with Gasteiger partial charge in [-0.05, 0) is 68.1 Å². The van der Waals surface area contributed by atoms with Crippen LogP contribution in [0.25, 0.3) is 0 Å². The van der Waals surface area contributed by atoms with Crippen LogP contribution >= 0.6 is 0 Å². The summed E-state index contributed by atoms with van der Waals surface area (Å²) in [6.45, 7) is 4.17. The summed E-state index contributed by atoms with van der Waals surface area (Å²) >= 11 is 0. The number of nitrogens with one attached hydrogen (secondary N) is 3. The molecule has 4 heterocycles. The number of anilines is 5. The van der Waals surface area contributed by atoms with E-state index in [9.17, 15) is 14.4 Å². The molecule has 3 aliphatic heterocycles. The third-order valence-electron chi connectivity index (χ3n) is 9.93. The van der Waals surface area contributed by atoms with Crippen molar-refractivity contribution in [3.8, 4) is 0 Å². The standard InChI is InChI=1S/C43H39N9O3/c1-26-14-17-32(22-37(26)52-25-31-23-45-42(50-39(31)51(3)43(52)55)47-33-18-15-27(2)44-24-33)46-40(53)30-16-19-34-35(21-30)49-41(54)36(20-28-10-6-4-7-11-28)48-38(34)29-12-8-5-9-13-29/h4-14,16-17,19,21-24,36H,15,18,20,25H2,1-3H3,(H,46,53)(H,49,54)(H,45,47,50)/t36-/m0/s1. The van der Waals surface area contributed by atoms with Gasteiger partial charge in [-0.2, -0.15) is 4.98 Å². The third-order valence-corrected chi connectivity index (χ3v) is 9.93. The molecule has 0 saturated heterocycles. The lowest BCUT2D eigenvalue weighted by molar-refractivity contribution is -0.117. The van der Waals surface area contributed by atoms with Crippen molar-refractivity contribution in [3.63, 3.8) is 0 Å². The zero-order valence-electron chi connectivity index (χ0n) is 30.7. The summed E-state index contributed by atoms with van der Waals surface area (Å²) in [4.78, 5) is 62.9. The maximum atomic E-state index is 13.8. The van der Waals surface area contributed by atoms with Gasteiger partial charge in [0.25, 0.3) is 5.91 Å². The Morgan fingerprint density at radius 1 is 0.927 bits per heavy atom. The van der Waals surface area contributed by atoms with Crippen LogP contribution in [0.3, 0.4) is 0 Å². The lowest BCUT2D eigenvalue weighted by Crippen LogP contribution is -2.46. The van der Waals surface area contributed by atoms with Crippen molar-refractivity contribution in [2.75, 3.05) is 32.8 Å². The number of carbonyl (C=O) groups excluding carboxylic acids is 3. The van der Waals surface area contributed by atoms with Crippen molar-refractivity contribution in [2.45, 2.75) is 45.7 Å². The third kappa shape index (κ3) is 7.34. The Labute approximate surface area is 318 Å². The number of aromatic nitrogens is 2. The Hall–Kier alpha value is -6.95. The predicted molar refractivity (Wildman–Crippen MR) is 216 cm³/mol. The number of fused-ring (bicyclic) bond motifs is 2. The molecular formula is C43H39N9O3. The molecule has 12 heteroatoms. The summed E-state index contributed by atoms with van der Waals surface area (Å²) < 4.78 is 0. The number of aliphatic imine (C=N–C) groups is 2. The highest BCUT2D eigenvalue weighted by Gasteiger charge is 2.32. The van der Waals surface area contributed by atoms with E-state index < -0.39 is 6.04 Å². The lowest BCUT2D eigenvalue weighted by atomic mass is 9.98. The van der Waals surface area contributed by atoms with Gasteiger partial charge in [-0.25, -0.2) is 9.78 Å². The molecule has 4 amide bonds. The second kappa shape index (κ2) is 14.8. The molecule has 274 valence electrons. The second-order valence-electron chi connectivity index (χ2n) is 13.9. The first-order valence-corrected chi connectivity index (χ1v) is 18.1. The minimum atomic E-state index is -0.666. The van der Waals surface area contributed by atoms with Crippen LogP contribution < -0.4 is 25.8 Å². The monoisotopic (exact) mass is 729 g/mol. The molecule has 0 spiro atoms. The fourth-order valence-electron chi connectivity index (χ4n) is 6.91. The number of nitrogens with zero attached hydrogens (tertiary/aromatic N) is 6. The fourth-order valence-corrected chi connectivity index (χ4v) is 6.91. The van der Waals surface area contributed by atoms with E-state index in [2.05, 4.69) is 30.9 Å². The van der Waals surface area contributed by atoms with Crippen LogP contribution in [0.2, 0.25) is 0 Å². The number of benzene rings is 4. The maximum absolute atomic E-state index is 13.8. The fraction of sp³-hybridized carbons (Fsp3) is 0.186. The molecule has 1 aromatic heterocycles. The largest absolute Gasteiger partial charge is 0.330 e. The maximum Gasteiger partial charge on any atom is 0.330 e. The van der Waals surface area contributed by atoms with Crippen molar-refractivity contribution in [3.05, 3.63) is 149 Å². The van der Waals surface area contributed by atoms with E-state index >= 15 is 0 Å². The number of rotatable bonds is 8. The van der Waals surface area contributed by atoms with E-state index in [4.69, 9.17) is 4.99 Å². The first kappa shape index (κ1) is 35.1. The van der Waals surface area contributed by atoms with Gasteiger partial charge in [-0.15, -0.1) is 0 Å². The molecule has 4 aromatic carbocycles. The summed E-state index contributed by atoms with van der Waals surface area (Å²) in [5.74, 6) is 0.310. The number of carbonyl (C=O) groups is 3. The molecule has 55 heavy (non-hydrogen) atoms. The molecule has 0 aliphatic carbocycles. The summed E-state index contributed by atoms with van der Waals surface area (Å²) in [5, 5.41) is 9.28. The summed E-state index contributed by atoms with van der Waals surface area (Å²) in [6.07, 6.45) is 5.63. The van der Waals surface area contributed by atoms with Crippen LogP contribution in [-0.4, -0.2) is 52.3 Å². The zero-order valence-corrected chi connectivity index (χ0v) is 30.7. The predicted octanol–water partition coefficient (Wildman–Crippen LogP) is 7.52. The molecule has 0 unspecified atom stereocenters. The van der Waals surface area contributed by atoms with Crippen molar-refractivity contribution in [1.82, 2.24) is 9.97 Å². The second-order valence-corrected chi connectivity index (χ2v) is 13.9. The number of aryl methyl sites for hydroxylation is 1. The highest BCUT2D eigenvalue weighted by Crippen LogP contribution is 2.34. The van der Waals surface area contributed by atoms with Crippen LogP contribution in [-0.2, 0) is 17.8 Å². The number of urea groups is 1. The molecule has 5 aromatic rings. The molecule has 0 radical (unpaired) electrons. The number of allylic oxidation sites excluding steroid dienone is 1. The zero-order chi connectivity index (χ0) is 38.1. The van der Waals surface area contributed by atoms with E-state index in [1.165, 1.54) is 4.90 Å². The molecule has 12 nitrogen and oxygen atoms in total. The molecule has 3 N–H and O–H groups in total. The minimum Gasteiger partial charge on any atom is -0.326 e. The Bertz CT molecular complexity index is 2430. The van der Waals surface area contributed by atoms with Crippen LogP contribution in [0.15, 0.2) is 125 Å². The van der Waals surface area contributed by atoms with Crippen molar-refractivity contribution >= 4 is 58.1 Å². The summed E-state index contributed by atoms with van der Waals surface area (Å²) in [5.41, 5.74) is 8.90. The van der Waals surface area contributed by atoms with Gasteiger partial charge in [-0.3, -0.25) is 29.4 Å². The van der Waals surface area contributed by atoms with Gasteiger partial charge in [0, 0.05) is 65.2 Å². The minimum absolute atomic E-state index is 0.251. The van der Waals surface area contributed by atoms with E-state index in [1.807, 2.05) is 86.6 Å². The van der Waals surface area contributed by atoms with Gasteiger partial charge in [0.05, 0.1) is 23.6 Å². The van der Waals surface area contributed by atoms with Gasteiger partial charge in [0.15, 0.2) is 0 Å². The van der Waals surface area contributed by atoms with Crippen LogP contribution in [0.4, 0.5) is 33.6 Å². The summed E-state index contributed by atoms with van der Waals surface area (Å²) in [7, 11) is 1.69. The van der Waals surface area contributed by atoms with Gasteiger partial charge < -0.3 is 16.0 Å². The van der Waals surface area contributed by atoms with E-state index in [-0.39, 0.29) is 24.4 Å². The van der Waals surface area contributed by atoms with Crippen LogP contribution in [0, 0.1) is 6.92 Å². The molecule has 8 rings (SSSR count). The molecule has 1 atom stereocenters. The van der Waals surface area contributed by atoms with Gasteiger partial charge >= 0.3 is 6.03 Å². The Kier molecular flexibility index (Phi) is 9.46. The van der Waals surface area contributed by atoms with Gasteiger partial charge in [0.1, 0.15) is 11.9 Å². The van der Waals surface area contributed by atoms with Gasteiger partial charge in [0.2, 0.25) is 11.9 Å². The average Bonchev–Trinajstić information content (AvgIpc) is 3.34. The Balaban J connectivity index is 1.02. The quantitative estimate of drug-likeness (QED) is 0.151. The van der Waals surface area contributed by atoms with Crippen LogP contribution in [0.5, 0.6) is 0 Å². The number of hydrogen-bond donors (Lipinski definition) is 3. The van der Waals surface area contributed by atoms with E-state index in [0.29, 0.717) is 46.5 Å². The van der Waals surface area contributed by atoms with E-state index in [0.717, 1.165) is 52.1 Å². The number of amides is 4. The molecule has 0 saturated carbocycles. The van der Waals surface area contributed by atoms with Crippen molar-refractivity contribution < 1.29 is 14.4 Å². The highest BCUT2D eigenvalue weighted by molar-refractivity contribution is 6.20. The molecule has 0 fully saturated rings. The van der Waals surface area contributed by atoms with E-state index in [1.54, 1.807) is 48.6 Å².